The summed E-state index contributed by atoms with van der Waals surface area (Å²) in [5.74, 6) is 0.671. The summed E-state index contributed by atoms with van der Waals surface area (Å²) in [5, 5.41) is 9.69. The first-order valence-corrected chi connectivity index (χ1v) is 5.62. The van der Waals surface area contributed by atoms with Gasteiger partial charge in [-0.3, -0.25) is 0 Å². The van der Waals surface area contributed by atoms with Crippen LogP contribution in [0.25, 0.3) is 0 Å². The third-order valence-electron chi connectivity index (χ3n) is 3.11. The van der Waals surface area contributed by atoms with Crippen molar-refractivity contribution >= 4 is 11.6 Å². The Morgan fingerprint density at radius 1 is 1.50 bits per heavy atom. The minimum atomic E-state index is -0.0648. The van der Waals surface area contributed by atoms with E-state index in [9.17, 15) is 0 Å². The fourth-order valence-electron chi connectivity index (χ4n) is 2.01. The molecule has 1 heterocycles. The zero-order valence-electron chi connectivity index (χ0n) is 9.20. The quantitative estimate of drug-likeness (QED) is 0.878. The molecule has 16 heavy (non-hydrogen) atoms. The largest absolute Gasteiger partial charge is 0.495 e. The van der Waals surface area contributed by atoms with Gasteiger partial charge in [-0.2, -0.15) is 0 Å². The molecule has 0 saturated carbocycles. The van der Waals surface area contributed by atoms with Crippen LogP contribution >= 0.6 is 11.6 Å². The summed E-state index contributed by atoms with van der Waals surface area (Å²) in [5.41, 5.74) is 1.04. The van der Waals surface area contributed by atoms with Crippen LogP contribution in [0, 0.1) is 0 Å². The van der Waals surface area contributed by atoms with Gasteiger partial charge >= 0.3 is 0 Å². The summed E-state index contributed by atoms with van der Waals surface area (Å²) >= 11 is 6.09. The second-order valence-electron chi connectivity index (χ2n) is 4.10. The molecule has 1 saturated heterocycles. The SMILES string of the molecule is COc1ccc(C2(CCO)COC2)cc1Cl. The fourth-order valence-corrected chi connectivity index (χ4v) is 2.27. The van der Waals surface area contributed by atoms with E-state index in [-0.39, 0.29) is 12.0 Å². The number of hydrogen-bond acceptors (Lipinski definition) is 3. The highest BCUT2D eigenvalue weighted by Crippen LogP contribution is 2.38. The van der Waals surface area contributed by atoms with Crippen molar-refractivity contribution in [2.24, 2.45) is 0 Å². The van der Waals surface area contributed by atoms with Crippen LogP contribution in [-0.4, -0.2) is 32.0 Å². The lowest BCUT2D eigenvalue weighted by Gasteiger charge is -2.41. The van der Waals surface area contributed by atoms with Crippen LogP contribution in [0.1, 0.15) is 12.0 Å². The molecule has 0 spiro atoms. The summed E-state index contributed by atoms with van der Waals surface area (Å²) in [6.45, 7) is 1.46. The van der Waals surface area contributed by atoms with Gasteiger partial charge in [0.2, 0.25) is 0 Å². The maximum atomic E-state index is 9.09. The van der Waals surface area contributed by atoms with Gasteiger partial charge in [-0.1, -0.05) is 17.7 Å². The number of halogens is 1. The topological polar surface area (TPSA) is 38.7 Å². The summed E-state index contributed by atoms with van der Waals surface area (Å²) in [7, 11) is 1.59. The zero-order valence-corrected chi connectivity index (χ0v) is 9.96. The molecule has 1 N–H and O–H groups in total. The first-order valence-electron chi connectivity index (χ1n) is 5.24. The van der Waals surface area contributed by atoms with E-state index in [1.165, 1.54) is 0 Å². The number of aliphatic hydroxyl groups excluding tert-OH is 1. The Balaban J connectivity index is 2.29. The van der Waals surface area contributed by atoms with Crippen molar-refractivity contribution in [3.8, 4) is 5.75 Å². The van der Waals surface area contributed by atoms with Crippen molar-refractivity contribution in [1.82, 2.24) is 0 Å². The lowest BCUT2D eigenvalue weighted by atomic mass is 9.76. The van der Waals surface area contributed by atoms with Crippen LogP contribution in [-0.2, 0) is 10.2 Å². The van der Waals surface area contributed by atoms with Gasteiger partial charge in [-0.25, -0.2) is 0 Å². The summed E-state index contributed by atoms with van der Waals surface area (Å²) < 4.78 is 10.4. The van der Waals surface area contributed by atoms with E-state index >= 15 is 0 Å². The van der Waals surface area contributed by atoms with Gasteiger partial charge < -0.3 is 14.6 Å². The molecular formula is C12H15ClO3. The Labute approximate surface area is 99.9 Å². The highest BCUT2D eigenvalue weighted by Gasteiger charge is 2.39. The fraction of sp³-hybridized carbons (Fsp3) is 0.500. The van der Waals surface area contributed by atoms with Crippen molar-refractivity contribution in [1.29, 1.82) is 0 Å². The van der Waals surface area contributed by atoms with Crippen molar-refractivity contribution < 1.29 is 14.6 Å². The zero-order chi connectivity index (χ0) is 11.6. The monoisotopic (exact) mass is 242 g/mol. The molecule has 0 amide bonds. The van der Waals surface area contributed by atoms with Crippen LogP contribution in [0.5, 0.6) is 5.75 Å². The minimum Gasteiger partial charge on any atom is -0.495 e. The molecule has 0 atom stereocenters. The standard InChI is InChI=1S/C12H15ClO3/c1-15-11-3-2-9(6-10(11)13)12(4-5-14)7-16-8-12/h2-3,6,14H,4-5,7-8H2,1H3. The van der Waals surface area contributed by atoms with E-state index in [2.05, 4.69) is 0 Å². The average Bonchev–Trinajstić information content (AvgIpc) is 2.23. The summed E-state index contributed by atoms with van der Waals surface area (Å²) in [6.07, 6.45) is 0.704. The Morgan fingerprint density at radius 3 is 2.69 bits per heavy atom. The van der Waals surface area contributed by atoms with Gasteiger partial charge in [0.05, 0.1) is 25.3 Å². The van der Waals surface area contributed by atoms with Crippen molar-refractivity contribution in [3.63, 3.8) is 0 Å². The maximum Gasteiger partial charge on any atom is 0.137 e. The summed E-state index contributed by atoms with van der Waals surface area (Å²) in [4.78, 5) is 0. The molecule has 1 fully saturated rings. The van der Waals surface area contributed by atoms with Gasteiger partial charge in [0.1, 0.15) is 5.75 Å². The third kappa shape index (κ3) is 1.90. The molecule has 0 radical (unpaired) electrons. The van der Waals surface area contributed by atoms with Gasteiger partial charge in [0.15, 0.2) is 0 Å². The predicted molar refractivity (Wildman–Crippen MR) is 62.2 cm³/mol. The highest BCUT2D eigenvalue weighted by molar-refractivity contribution is 6.32. The molecule has 0 unspecified atom stereocenters. The van der Waals surface area contributed by atoms with Crippen LogP contribution in [0.3, 0.4) is 0 Å². The number of benzene rings is 1. The molecule has 88 valence electrons. The molecule has 0 bridgehead atoms. The van der Waals surface area contributed by atoms with E-state index in [0.29, 0.717) is 30.4 Å². The van der Waals surface area contributed by atoms with Crippen LogP contribution in [0.15, 0.2) is 18.2 Å². The number of aliphatic hydroxyl groups is 1. The lowest BCUT2D eigenvalue weighted by Crippen LogP contribution is -2.47. The minimum absolute atomic E-state index is 0.0648. The number of ether oxygens (including phenoxy) is 2. The molecule has 0 aromatic heterocycles. The van der Waals surface area contributed by atoms with Crippen LogP contribution in [0.4, 0.5) is 0 Å². The van der Waals surface area contributed by atoms with E-state index in [4.69, 9.17) is 26.2 Å². The molecule has 3 nitrogen and oxygen atoms in total. The lowest BCUT2D eigenvalue weighted by molar-refractivity contribution is -0.0701. The number of methoxy groups -OCH3 is 1. The first-order chi connectivity index (χ1) is 7.72. The van der Waals surface area contributed by atoms with E-state index in [1.54, 1.807) is 7.11 Å². The molecule has 1 aliphatic heterocycles. The predicted octanol–water partition coefficient (Wildman–Crippen LogP) is 2.00. The molecule has 1 aromatic rings. The smallest absolute Gasteiger partial charge is 0.137 e. The van der Waals surface area contributed by atoms with Crippen LogP contribution in [0.2, 0.25) is 5.02 Å². The van der Waals surface area contributed by atoms with Gasteiger partial charge in [0.25, 0.3) is 0 Å². The second kappa shape index (κ2) is 4.62. The van der Waals surface area contributed by atoms with E-state index in [1.807, 2.05) is 18.2 Å². The number of rotatable bonds is 4. The van der Waals surface area contributed by atoms with Gasteiger partial charge in [-0.15, -0.1) is 0 Å². The van der Waals surface area contributed by atoms with E-state index in [0.717, 1.165) is 5.56 Å². The normalized spacial score (nSPS) is 17.9. The molecule has 4 heteroatoms. The van der Waals surface area contributed by atoms with Crippen LogP contribution < -0.4 is 4.74 Å². The Morgan fingerprint density at radius 2 is 2.25 bits per heavy atom. The number of hydrogen-bond donors (Lipinski definition) is 1. The molecule has 0 aliphatic carbocycles. The van der Waals surface area contributed by atoms with E-state index < -0.39 is 0 Å². The van der Waals surface area contributed by atoms with Gasteiger partial charge in [0, 0.05) is 12.0 Å². The van der Waals surface area contributed by atoms with Crippen molar-refractivity contribution in [2.45, 2.75) is 11.8 Å². The average molecular weight is 243 g/mol. The summed E-state index contributed by atoms with van der Waals surface area (Å²) in [6, 6.07) is 5.75. The first kappa shape index (κ1) is 11.7. The maximum absolute atomic E-state index is 9.09. The highest BCUT2D eigenvalue weighted by atomic mass is 35.5. The second-order valence-corrected chi connectivity index (χ2v) is 4.50. The Bertz CT molecular complexity index is 375. The van der Waals surface area contributed by atoms with Gasteiger partial charge in [-0.05, 0) is 24.1 Å². The third-order valence-corrected chi connectivity index (χ3v) is 3.41. The Kier molecular flexibility index (Phi) is 3.38. The molecule has 1 aromatic carbocycles. The van der Waals surface area contributed by atoms with Crippen molar-refractivity contribution in [3.05, 3.63) is 28.8 Å². The molecule has 1 aliphatic rings. The Hall–Kier alpha value is -0.770. The van der Waals surface area contributed by atoms with Crippen molar-refractivity contribution in [2.75, 3.05) is 26.9 Å². The molecular weight excluding hydrogens is 228 g/mol. The molecule has 2 rings (SSSR count).